The summed E-state index contributed by atoms with van der Waals surface area (Å²) in [6, 6.07) is 10.1. The number of hydrogen-bond acceptors (Lipinski definition) is 7. The zero-order chi connectivity index (χ0) is 16.5. The topological polar surface area (TPSA) is 54.4 Å². The molecule has 0 saturated carbocycles. The highest BCUT2D eigenvalue weighted by Crippen LogP contribution is 2.29. The first-order chi connectivity index (χ1) is 11.7. The summed E-state index contributed by atoms with van der Waals surface area (Å²) in [7, 11) is 1.64. The van der Waals surface area contributed by atoms with Crippen molar-refractivity contribution in [3.8, 4) is 5.88 Å². The second-order valence-corrected chi connectivity index (χ2v) is 6.80. The number of methoxy groups -OCH3 is 1. The van der Waals surface area contributed by atoms with Crippen molar-refractivity contribution >= 4 is 32.6 Å². The van der Waals surface area contributed by atoms with Crippen molar-refractivity contribution in [2.24, 2.45) is 0 Å². The van der Waals surface area contributed by atoms with Crippen molar-refractivity contribution in [2.45, 2.75) is 6.92 Å². The van der Waals surface area contributed by atoms with Crippen LogP contribution in [0.1, 0.15) is 5.69 Å². The molecular formula is C17H19N5OS. The Morgan fingerprint density at radius 3 is 2.50 bits per heavy atom. The molecule has 4 rings (SSSR count). The Morgan fingerprint density at radius 2 is 1.75 bits per heavy atom. The van der Waals surface area contributed by atoms with Crippen LogP contribution in [0.15, 0.2) is 30.3 Å². The summed E-state index contributed by atoms with van der Waals surface area (Å²) in [6.45, 7) is 5.55. The molecule has 0 N–H and O–H groups in total. The Kier molecular flexibility index (Phi) is 3.93. The Hall–Kier alpha value is -2.41. The molecule has 0 amide bonds. The number of rotatable bonds is 3. The molecule has 124 valence electrons. The molecule has 3 heterocycles. The fourth-order valence-corrected chi connectivity index (χ4v) is 3.88. The monoisotopic (exact) mass is 341 g/mol. The summed E-state index contributed by atoms with van der Waals surface area (Å²) < 4.78 is 6.49. The van der Waals surface area contributed by atoms with E-state index >= 15 is 0 Å². The number of aryl methyl sites for hydroxylation is 1. The van der Waals surface area contributed by atoms with Gasteiger partial charge in [-0.25, -0.2) is 9.97 Å². The summed E-state index contributed by atoms with van der Waals surface area (Å²) >= 11 is 1.75. The molecule has 7 heteroatoms. The molecule has 6 nitrogen and oxygen atoms in total. The van der Waals surface area contributed by atoms with Crippen LogP contribution in [0.3, 0.4) is 0 Å². The largest absolute Gasteiger partial charge is 0.481 e. The van der Waals surface area contributed by atoms with E-state index in [9.17, 15) is 0 Å². The molecule has 0 bridgehead atoms. The fourth-order valence-electron chi connectivity index (χ4n) is 2.86. The van der Waals surface area contributed by atoms with Gasteiger partial charge >= 0.3 is 0 Å². The highest BCUT2D eigenvalue weighted by atomic mass is 32.1. The van der Waals surface area contributed by atoms with Crippen molar-refractivity contribution in [1.29, 1.82) is 0 Å². The van der Waals surface area contributed by atoms with Gasteiger partial charge < -0.3 is 14.5 Å². The zero-order valence-corrected chi connectivity index (χ0v) is 14.6. The standard InChI is InChI=1S/C17H19N5OS/c1-12-11-15(23-2)20-16(18-12)21-7-9-22(10-8-21)17-19-13-5-3-4-6-14(13)24-17/h3-6,11H,7-10H2,1-2H3. The minimum absolute atomic E-state index is 0.617. The van der Waals surface area contributed by atoms with E-state index in [2.05, 4.69) is 38.0 Å². The van der Waals surface area contributed by atoms with E-state index in [0.29, 0.717) is 5.88 Å². The van der Waals surface area contributed by atoms with Crippen LogP contribution in [0.5, 0.6) is 5.88 Å². The van der Waals surface area contributed by atoms with Gasteiger partial charge in [0.15, 0.2) is 5.13 Å². The maximum atomic E-state index is 5.25. The van der Waals surface area contributed by atoms with Gasteiger partial charge in [-0.1, -0.05) is 23.5 Å². The quantitative estimate of drug-likeness (QED) is 0.730. The third-order valence-electron chi connectivity index (χ3n) is 4.14. The third kappa shape index (κ3) is 2.87. The first-order valence-corrected chi connectivity index (χ1v) is 8.80. The van der Waals surface area contributed by atoms with Crippen molar-refractivity contribution in [2.75, 3.05) is 43.1 Å². The highest BCUT2D eigenvalue weighted by molar-refractivity contribution is 7.22. The van der Waals surface area contributed by atoms with Crippen molar-refractivity contribution < 1.29 is 4.74 Å². The molecular weight excluding hydrogens is 322 g/mol. The second-order valence-electron chi connectivity index (χ2n) is 5.79. The number of piperazine rings is 1. The predicted octanol–water partition coefficient (Wildman–Crippen LogP) is 2.73. The number of hydrogen-bond donors (Lipinski definition) is 0. The zero-order valence-electron chi connectivity index (χ0n) is 13.8. The van der Waals surface area contributed by atoms with Gasteiger partial charge in [-0.2, -0.15) is 4.98 Å². The van der Waals surface area contributed by atoms with Gasteiger partial charge in [0.2, 0.25) is 11.8 Å². The van der Waals surface area contributed by atoms with Crippen molar-refractivity contribution in [1.82, 2.24) is 15.0 Å². The van der Waals surface area contributed by atoms with E-state index in [1.54, 1.807) is 18.4 Å². The number of aromatic nitrogens is 3. The lowest BCUT2D eigenvalue weighted by Crippen LogP contribution is -2.47. The number of nitrogens with zero attached hydrogens (tertiary/aromatic N) is 5. The van der Waals surface area contributed by atoms with Gasteiger partial charge in [0.1, 0.15) is 0 Å². The van der Waals surface area contributed by atoms with E-state index in [1.807, 2.05) is 19.1 Å². The maximum Gasteiger partial charge on any atom is 0.228 e. The van der Waals surface area contributed by atoms with E-state index < -0.39 is 0 Å². The predicted molar refractivity (Wildman–Crippen MR) is 97.4 cm³/mol. The van der Waals surface area contributed by atoms with Gasteiger partial charge in [-0.15, -0.1) is 0 Å². The van der Waals surface area contributed by atoms with E-state index in [0.717, 1.165) is 48.5 Å². The Balaban J connectivity index is 1.49. The molecule has 24 heavy (non-hydrogen) atoms. The van der Waals surface area contributed by atoms with Crippen molar-refractivity contribution in [3.05, 3.63) is 36.0 Å². The lowest BCUT2D eigenvalue weighted by atomic mass is 10.3. The molecule has 0 radical (unpaired) electrons. The fraction of sp³-hybridized carbons (Fsp3) is 0.353. The molecule has 2 aromatic heterocycles. The molecule has 1 fully saturated rings. The lowest BCUT2D eigenvalue weighted by Gasteiger charge is -2.34. The third-order valence-corrected chi connectivity index (χ3v) is 5.24. The maximum absolute atomic E-state index is 5.25. The first-order valence-electron chi connectivity index (χ1n) is 7.98. The SMILES string of the molecule is COc1cc(C)nc(N2CCN(c3nc4ccccc4s3)CC2)n1. The van der Waals surface area contributed by atoms with Gasteiger partial charge in [-0.3, -0.25) is 0 Å². The van der Waals surface area contributed by atoms with E-state index in [-0.39, 0.29) is 0 Å². The normalized spacial score (nSPS) is 15.1. The van der Waals surface area contributed by atoms with Crippen LogP contribution in [-0.2, 0) is 0 Å². The van der Waals surface area contributed by atoms with Gasteiger partial charge in [0, 0.05) is 37.9 Å². The highest BCUT2D eigenvalue weighted by Gasteiger charge is 2.22. The molecule has 1 aliphatic rings. The summed E-state index contributed by atoms with van der Waals surface area (Å²) in [5.41, 5.74) is 2.00. The van der Waals surface area contributed by atoms with Crippen LogP contribution in [-0.4, -0.2) is 48.2 Å². The van der Waals surface area contributed by atoms with E-state index in [4.69, 9.17) is 9.72 Å². The molecule has 3 aromatic rings. The number of fused-ring (bicyclic) bond motifs is 1. The minimum Gasteiger partial charge on any atom is -0.481 e. The molecule has 0 atom stereocenters. The van der Waals surface area contributed by atoms with E-state index in [1.165, 1.54) is 4.70 Å². The average molecular weight is 341 g/mol. The van der Waals surface area contributed by atoms with Crippen LogP contribution in [0.4, 0.5) is 11.1 Å². The van der Waals surface area contributed by atoms with Gasteiger partial charge in [0.05, 0.1) is 17.3 Å². The summed E-state index contributed by atoms with van der Waals surface area (Å²) in [6.07, 6.45) is 0. The molecule has 0 unspecified atom stereocenters. The summed E-state index contributed by atoms with van der Waals surface area (Å²) in [4.78, 5) is 18.3. The Bertz CT molecular complexity index is 824. The number of ether oxygens (including phenoxy) is 1. The Morgan fingerprint density at radius 1 is 1.00 bits per heavy atom. The minimum atomic E-state index is 0.617. The summed E-state index contributed by atoms with van der Waals surface area (Å²) in [5.74, 6) is 1.36. The lowest BCUT2D eigenvalue weighted by molar-refractivity contribution is 0.396. The molecule has 1 aliphatic heterocycles. The smallest absolute Gasteiger partial charge is 0.228 e. The number of anilines is 2. The summed E-state index contributed by atoms with van der Waals surface area (Å²) in [5, 5.41) is 1.10. The van der Waals surface area contributed by atoms with Crippen molar-refractivity contribution in [3.63, 3.8) is 0 Å². The molecule has 1 aromatic carbocycles. The van der Waals surface area contributed by atoms with Gasteiger partial charge in [-0.05, 0) is 19.1 Å². The molecule has 1 saturated heterocycles. The number of thiazole rings is 1. The first kappa shape index (κ1) is 15.1. The van der Waals surface area contributed by atoms with Crippen LogP contribution < -0.4 is 14.5 Å². The number of para-hydroxylation sites is 1. The van der Waals surface area contributed by atoms with Crippen LogP contribution >= 0.6 is 11.3 Å². The Labute approximate surface area is 144 Å². The molecule has 0 spiro atoms. The second kappa shape index (κ2) is 6.24. The van der Waals surface area contributed by atoms with Crippen LogP contribution in [0.25, 0.3) is 10.2 Å². The van der Waals surface area contributed by atoms with Crippen LogP contribution in [0.2, 0.25) is 0 Å². The average Bonchev–Trinajstić information content (AvgIpc) is 3.05. The molecule has 0 aliphatic carbocycles. The van der Waals surface area contributed by atoms with Gasteiger partial charge in [0.25, 0.3) is 0 Å². The number of benzene rings is 1. The van der Waals surface area contributed by atoms with Crippen LogP contribution in [0, 0.1) is 6.92 Å².